The van der Waals surface area contributed by atoms with Crippen molar-refractivity contribution in [1.29, 1.82) is 0 Å². The SMILES string of the molecule is Cc1ncc(Br)c(Sc2ccc3ccccc3c2)n1. The van der Waals surface area contributed by atoms with Crippen molar-refractivity contribution in [2.45, 2.75) is 16.8 Å². The van der Waals surface area contributed by atoms with Gasteiger partial charge in [0.1, 0.15) is 10.9 Å². The van der Waals surface area contributed by atoms with Crippen molar-refractivity contribution in [3.63, 3.8) is 0 Å². The second-order valence-corrected chi connectivity index (χ2v) is 6.10. The van der Waals surface area contributed by atoms with E-state index in [4.69, 9.17) is 0 Å². The van der Waals surface area contributed by atoms with Gasteiger partial charge in [-0.25, -0.2) is 9.97 Å². The van der Waals surface area contributed by atoms with Crippen molar-refractivity contribution >= 4 is 38.5 Å². The molecule has 0 aliphatic carbocycles. The summed E-state index contributed by atoms with van der Waals surface area (Å²) in [6, 6.07) is 14.8. The third kappa shape index (κ3) is 2.80. The summed E-state index contributed by atoms with van der Waals surface area (Å²) in [5.41, 5.74) is 0. The molecule has 0 amide bonds. The van der Waals surface area contributed by atoms with Gasteiger partial charge < -0.3 is 0 Å². The normalized spacial score (nSPS) is 10.8. The van der Waals surface area contributed by atoms with Crippen LogP contribution in [0.4, 0.5) is 0 Å². The van der Waals surface area contributed by atoms with E-state index in [9.17, 15) is 0 Å². The third-order valence-electron chi connectivity index (χ3n) is 2.77. The number of fused-ring (bicyclic) bond motifs is 1. The van der Waals surface area contributed by atoms with Gasteiger partial charge in [0.2, 0.25) is 0 Å². The minimum Gasteiger partial charge on any atom is -0.240 e. The smallest absolute Gasteiger partial charge is 0.126 e. The highest BCUT2D eigenvalue weighted by Gasteiger charge is 2.06. The van der Waals surface area contributed by atoms with Gasteiger partial charge in [0, 0.05) is 11.1 Å². The number of hydrogen-bond donors (Lipinski definition) is 0. The zero-order chi connectivity index (χ0) is 13.2. The standard InChI is InChI=1S/C15H11BrN2S/c1-10-17-9-14(16)15(18-10)19-13-7-6-11-4-2-3-5-12(11)8-13/h2-9H,1H3. The van der Waals surface area contributed by atoms with Crippen LogP contribution < -0.4 is 0 Å². The molecule has 2 aromatic carbocycles. The van der Waals surface area contributed by atoms with E-state index in [0.717, 1.165) is 15.3 Å². The predicted molar refractivity (Wildman–Crippen MR) is 82.5 cm³/mol. The third-order valence-corrected chi connectivity index (χ3v) is 4.60. The summed E-state index contributed by atoms with van der Waals surface area (Å²) >= 11 is 5.14. The second kappa shape index (κ2) is 5.31. The van der Waals surface area contributed by atoms with Crippen molar-refractivity contribution in [2.75, 3.05) is 0 Å². The summed E-state index contributed by atoms with van der Waals surface area (Å²) in [4.78, 5) is 9.79. The fourth-order valence-corrected chi connectivity index (χ4v) is 3.16. The van der Waals surface area contributed by atoms with Gasteiger partial charge in [0.05, 0.1) is 4.47 Å². The topological polar surface area (TPSA) is 25.8 Å². The van der Waals surface area contributed by atoms with E-state index in [1.54, 1.807) is 18.0 Å². The zero-order valence-electron chi connectivity index (χ0n) is 10.3. The Bertz CT molecular complexity index is 743. The molecule has 3 aromatic rings. The van der Waals surface area contributed by atoms with Crippen LogP contribution in [-0.2, 0) is 0 Å². The first-order valence-corrected chi connectivity index (χ1v) is 7.49. The maximum Gasteiger partial charge on any atom is 0.126 e. The van der Waals surface area contributed by atoms with Gasteiger partial charge in [0.15, 0.2) is 0 Å². The van der Waals surface area contributed by atoms with E-state index in [1.165, 1.54) is 15.7 Å². The first-order valence-electron chi connectivity index (χ1n) is 5.88. The lowest BCUT2D eigenvalue weighted by atomic mass is 10.1. The monoisotopic (exact) mass is 330 g/mol. The first kappa shape index (κ1) is 12.6. The average molecular weight is 331 g/mol. The van der Waals surface area contributed by atoms with Crippen molar-refractivity contribution in [3.05, 3.63) is 59.0 Å². The van der Waals surface area contributed by atoms with E-state index in [-0.39, 0.29) is 0 Å². The van der Waals surface area contributed by atoms with Gasteiger partial charge in [-0.15, -0.1) is 0 Å². The van der Waals surface area contributed by atoms with E-state index < -0.39 is 0 Å². The predicted octanol–water partition coefficient (Wildman–Crippen LogP) is 4.85. The Balaban J connectivity index is 1.98. The number of benzene rings is 2. The lowest BCUT2D eigenvalue weighted by Crippen LogP contribution is -1.90. The quantitative estimate of drug-likeness (QED) is 0.628. The molecule has 0 bridgehead atoms. The molecule has 94 valence electrons. The molecule has 0 fully saturated rings. The minimum absolute atomic E-state index is 0.784. The highest BCUT2D eigenvalue weighted by atomic mass is 79.9. The van der Waals surface area contributed by atoms with E-state index in [2.05, 4.69) is 68.4 Å². The Morgan fingerprint density at radius 2 is 1.84 bits per heavy atom. The molecule has 0 aliphatic heterocycles. The summed E-state index contributed by atoms with van der Waals surface area (Å²) in [6.07, 6.45) is 1.80. The molecule has 2 nitrogen and oxygen atoms in total. The molecule has 1 aromatic heterocycles. The zero-order valence-corrected chi connectivity index (χ0v) is 12.7. The average Bonchev–Trinajstić information content (AvgIpc) is 2.43. The molecule has 1 heterocycles. The lowest BCUT2D eigenvalue weighted by molar-refractivity contribution is 0.952. The van der Waals surface area contributed by atoms with Crippen molar-refractivity contribution in [2.24, 2.45) is 0 Å². The summed E-state index contributed by atoms with van der Waals surface area (Å²) in [6.45, 7) is 1.90. The largest absolute Gasteiger partial charge is 0.240 e. The number of hydrogen-bond acceptors (Lipinski definition) is 3. The number of aryl methyl sites for hydroxylation is 1. The Labute approximate surface area is 124 Å². The van der Waals surface area contributed by atoms with Crippen LogP contribution in [0.25, 0.3) is 10.8 Å². The molecule has 3 rings (SSSR count). The number of rotatable bonds is 2. The fourth-order valence-electron chi connectivity index (χ4n) is 1.85. The molecule has 0 saturated heterocycles. The lowest BCUT2D eigenvalue weighted by Gasteiger charge is -2.05. The Morgan fingerprint density at radius 1 is 1.05 bits per heavy atom. The van der Waals surface area contributed by atoms with Gasteiger partial charge in [-0.05, 0) is 45.8 Å². The second-order valence-electron chi connectivity index (χ2n) is 4.18. The van der Waals surface area contributed by atoms with Gasteiger partial charge in [0.25, 0.3) is 0 Å². The van der Waals surface area contributed by atoms with Crippen LogP contribution >= 0.6 is 27.7 Å². The van der Waals surface area contributed by atoms with Crippen LogP contribution in [0, 0.1) is 6.92 Å². The number of aromatic nitrogens is 2. The number of halogens is 1. The molecule has 19 heavy (non-hydrogen) atoms. The van der Waals surface area contributed by atoms with Crippen LogP contribution in [0.2, 0.25) is 0 Å². The van der Waals surface area contributed by atoms with Gasteiger partial charge in [-0.1, -0.05) is 42.1 Å². The molecule has 4 heteroatoms. The maximum atomic E-state index is 4.45. The van der Waals surface area contributed by atoms with Crippen LogP contribution in [-0.4, -0.2) is 9.97 Å². The van der Waals surface area contributed by atoms with Crippen molar-refractivity contribution < 1.29 is 0 Å². The molecule has 0 N–H and O–H groups in total. The van der Waals surface area contributed by atoms with E-state index in [1.807, 2.05) is 6.92 Å². The van der Waals surface area contributed by atoms with Gasteiger partial charge in [-0.3, -0.25) is 0 Å². The summed E-state index contributed by atoms with van der Waals surface area (Å²) in [5.74, 6) is 0.784. The Hall–Kier alpha value is -1.39. The first-order chi connectivity index (χ1) is 9.22. The van der Waals surface area contributed by atoms with Crippen LogP contribution in [0.3, 0.4) is 0 Å². The highest BCUT2D eigenvalue weighted by molar-refractivity contribution is 9.10. The van der Waals surface area contributed by atoms with E-state index in [0.29, 0.717) is 0 Å². The highest BCUT2D eigenvalue weighted by Crippen LogP contribution is 2.33. The van der Waals surface area contributed by atoms with Crippen molar-refractivity contribution in [1.82, 2.24) is 9.97 Å². The number of nitrogens with zero attached hydrogens (tertiary/aromatic N) is 2. The van der Waals surface area contributed by atoms with Crippen LogP contribution in [0.15, 0.2) is 63.1 Å². The fraction of sp³-hybridized carbons (Fsp3) is 0.0667. The maximum absolute atomic E-state index is 4.45. The van der Waals surface area contributed by atoms with Crippen LogP contribution in [0.1, 0.15) is 5.82 Å². The van der Waals surface area contributed by atoms with Crippen LogP contribution in [0.5, 0.6) is 0 Å². The molecule has 0 spiro atoms. The van der Waals surface area contributed by atoms with E-state index >= 15 is 0 Å². The Kier molecular flexibility index (Phi) is 3.53. The molecule has 0 unspecified atom stereocenters. The molecular weight excluding hydrogens is 320 g/mol. The van der Waals surface area contributed by atoms with Gasteiger partial charge >= 0.3 is 0 Å². The van der Waals surface area contributed by atoms with Crippen molar-refractivity contribution in [3.8, 4) is 0 Å². The molecule has 0 atom stereocenters. The summed E-state index contributed by atoms with van der Waals surface area (Å²) in [7, 11) is 0. The molecule has 0 aliphatic rings. The molecule has 0 saturated carbocycles. The summed E-state index contributed by atoms with van der Waals surface area (Å²) in [5, 5.41) is 3.45. The summed E-state index contributed by atoms with van der Waals surface area (Å²) < 4.78 is 0.927. The molecular formula is C15H11BrN2S. The van der Waals surface area contributed by atoms with Gasteiger partial charge in [-0.2, -0.15) is 0 Å². The minimum atomic E-state index is 0.784. The molecule has 0 radical (unpaired) electrons. The Morgan fingerprint density at radius 3 is 2.68 bits per heavy atom.